The summed E-state index contributed by atoms with van der Waals surface area (Å²) in [5.74, 6) is -3.04. The Kier molecular flexibility index (Phi) is 2.28. The van der Waals surface area contributed by atoms with Gasteiger partial charge in [-0.2, -0.15) is 0 Å². The Morgan fingerprint density at radius 1 is 1.46 bits per heavy atom. The summed E-state index contributed by atoms with van der Waals surface area (Å²) < 4.78 is 30.3. The number of hydrogen-bond acceptors (Lipinski definition) is 2. The van der Waals surface area contributed by atoms with Crippen molar-refractivity contribution in [2.45, 2.75) is 31.3 Å². The zero-order valence-electron chi connectivity index (χ0n) is 7.38. The van der Waals surface area contributed by atoms with Gasteiger partial charge in [-0.1, -0.05) is 0 Å². The average molecular weight is 192 g/mol. The normalized spacial score (nSPS) is 43.2. The van der Waals surface area contributed by atoms with Crippen LogP contribution in [0.25, 0.3) is 0 Å². The van der Waals surface area contributed by atoms with Gasteiger partial charge in [0.25, 0.3) is 5.92 Å². The molecule has 1 saturated carbocycles. The molecule has 76 valence electrons. The monoisotopic (exact) mass is 192 g/mol. The van der Waals surface area contributed by atoms with Crippen molar-refractivity contribution >= 4 is 0 Å². The molecule has 0 amide bonds. The first-order valence-electron chi connectivity index (χ1n) is 4.73. The molecular weight excluding hydrogens is 178 g/mol. The predicted molar refractivity (Wildman–Crippen MR) is 42.6 cm³/mol. The molecule has 0 radical (unpaired) electrons. The van der Waals surface area contributed by atoms with Crippen LogP contribution in [0, 0.1) is 11.8 Å². The lowest BCUT2D eigenvalue weighted by Crippen LogP contribution is -2.32. The van der Waals surface area contributed by atoms with Gasteiger partial charge >= 0.3 is 0 Å². The largest absolute Gasteiger partial charge is 0.393 e. The molecule has 1 aliphatic heterocycles. The van der Waals surface area contributed by atoms with Gasteiger partial charge in [-0.25, -0.2) is 8.78 Å². The van der Waals surface area contributed by atoms with Crippen molar-refractivity contribution < 1.29 is 18.6 Å². The standard InChI is InChI=1S/C9H14F2O2/c10-9(11)4-7(9)3-6-5-13-2-1-8(6)12/h6-8,12H,1-5H2. The molecule has 0 spiro atoms. The summed E-state index contributed by atoms with van der Waals surface area (Å²) in [5.41, 5.74) is 0. The third-order valence-corrected chi connectivity index (χ3v) is 2.98. The number of halogens is 2. The summed E-state index contributed by atoms with van der Waals surface area (Å²) in [6.07, 6.45) is 0.554. The van der Waals surface area contributed by atoms with E-state index in [-0.39, 0.29) is 12.3 Å². The van der Waals surface area contributed by atoms with E-state index in [0.29, 0.717) is 26.1 Å². The van der Waals surface area contributed by atoms with Crippen molar-refractivity contribution in [3.05, 3.63) is 0 Å². The SMILES string of the molecule is OC1CCOCC1CC1CC1(F)F. The molecule has 1 heterocycles. The van der Waals surface area contributed by atoms with Gasteiger partial charge in [0.15, 0.2) is 0 Å². The molecule has 2 fully saturated rings. The van der Waals surface area contributed by atoms with Crippen LogP contribution in [-0.2, 0) is 4.74 Å². The van der Waals surface area contributed by atoms with Gasteiger partial charge in [0.2, 0.25) is 0 Å². The number of hydrogen-bond donors (Lipinski definition) is 1. The van der Waals surface area contributed by atoms with E-state index < -0.39 is 17.9 Å². The van der Waals surface area contributed by atoms with Crippen molar-refractivity contribution in [1.82, 2.24) is 0 Å². The molecule has 3 atom stereocenters. The highest BCUT2D eigenvalue weighted by atomic mass is 19.3. The summed E-state index contributed by atoms with van der Waals surface area (Å²) in [6.45, 7) is 0.993. The van der Waals surface area contributed by atoms with Crippen LogP contribution < -0.4 is 0 Å². The number of aliphatic hydroxyl groups is 1. The van der Waals surface area contributed by atoms with Crippen LogP contribution in [0.15, 0.2) is 0 Å². The highest BCUT2D eigenvalue weighted by Crippen LogP contribution is 2.52. The van der Waals surface area contributed by atoms with Gasteiger partial charge in [0.1, 0.15) is 0 Å². The Labute approximate surface area is 75.9 Å². The predicted octanol–water partition coefficient (Wildman–Crippen LogP) is 1.43. The van der Waals surface area contributed by atoms with Crippen LogP contribution >= 0.6 is 0 Å². The van der Waals surface area contributed by atoms with Crippen LogP contribution in [0.4, 0.5) is 8.78 Å². The van der Waals surface area contributed by atoms with Crippen molar-refractivity contribution in [2.75, 3.05) is 13.2 Å². The quantitative estimate of drug-likeness (QED) is 0.717. The summed E-state index contributed by atoms with van der Waals surface area (Å²) in [4.78, 5) is 0. The Balaban J connectivity index is 1.81. The maximum absolute atomic E-state index is 12.6. The van der Waals surface area contributed by atoms with Crippen LogP contribution in [0.1, 0.15) is 19.3 Å². The van der Waals surface area contributed by atoms with E-state index in [1.54, 1.807) is 0 Å². The highest BCUT2D eigenvalue weighted by molar-refractivity contribution is 4.96. The smallest absolute Gasteiger partial charge is 0.251 e. The van der Waals surface area contributed by atoms with Crippen molar-refractivity contribution in [3.63, 3.8) is 0 Å². The molecule has 0 bridgehead atoms. The van der Waals surface area contributed by atoms with Gasteiger partial charge in [0, 0.05) is 24.9 Å². The molecule has 2 nitrogen and oxygen atoms in total. The summed E-state index contributed by atoms with van der Waals surface area (Å²) in [7, 11) is 0. The Bertz CT molecular complexity index is 196. The second-order valence-corrected chi connectivity index (χ2v) is 4.09. The van der Waals surface area contributed by atoms with E-state index >= 15 is 0 Å². The highest BCUT2D eigenvalue weighted by Gasteiger charge is 2.57. The van der Waals surface area contributed by atoms with Crippen molar-refractivity contribution in [2.24, 2.45) is 11.8 Å². The lowest BCUT2D eigenvalue weighted by molar-refractivity contribution is -0.0442. The minimum Gasteiger partial charge on any atom is -0.393 e. The van der Waals surface area contributed by atoms with Crippen LogP contribution in [0.2, 0.25) is 0 Å². The third kappa shape index (κ3) is 1.99. The molecule has 1 N–H and O–H groups in total. The zero-order chi connectivity index (χ0) is 9.47. The average Bonchev–Trinajstić information content (AvgIpc) is 2.64. The van der Waals surface area contributed by atoms with Crippen LogP contribution in [0.5, 0.6) is 0 Å². The molecule has 0 aromatic carbocycles. The van der Waals surface area contributed by atoms with Crippen LogP contribution in [-0.4, -0.2) is 30.3 Å². The Morgan fingerprint density at radius 3 is 2.69 bits per heavy atom. The summed E-state index contributed by atoms with van der Waals surface area (Å²) in [5, 5.41) is 9.49. The molecule has 3 unspecified atom stereocenters. The van der Waals surface area contributed by atoms with Gasteiger partial charge in [-0.05, 0) is 12.8 Å². The molecule has 13 heavy (non-hydrogen) atoms. The first-order valence-corrected chi connectivity index (χ1v) is 4.73. The minimum atomic E-state index is -2.46. The number of rotatable bonds is 2. The van der Waals surface area contributed by atoms with Crippen LogP contribution in [0.3, 0.4) is 0 Å². The van der Waals surface area contributed by atoms with Gasteiger partial charge in [0.05, 0.1) is 12.7 Å². The second-order valence-electron chi connectivity index (χ2n) is 4.09. The fourth-order valence-corrected chi connectivity index (χ4v) is 1.90. The number of aliphatic hydroxyl groups excluding tert-OH is 1. The minimum absolute atomic E-state index is 0.00375. The Hall–Kier alpha value is -0.220. The lowest BCUT2D eigenvalue weighted by atomic mass is 9.93. The van der Waals surface area contributed by atoms with Crippen molar-refractivity contribution in [3.8, 4) is 0 Å². The maximum atomic E-state index is 12.6. The van der Waals surface area contributed by atoms with Gasteiger partial charge < -0.3 is 9.84 Å². The van der Waals surface area contributed by atoms with Gasteiger partial charge in [-0.15, -0.1) is 0 Å². The van der Waals surface area contributed by atoms with E-state index in [1.165, 1.54) is 0 Å². The summed E-state index contributed by atoms with van der Waals surface area (Å²) >= 11 is 0. The molecule has 1 aliphatic carbocycles. The van der Waals surface area contributed by atoms with E-state index in [1.807, 2.05) is 0 Å². The fraction of sp³-hybridized carbons (Fsp3) is 1.00. The third-order valence-electron chi connectivity index (χ3n) is 2.98. The number of alkyl halides is 2. The molecular formula is C9H14F2O2. The number of ether oxygens (including phenoxy) is 1. The fourth-order valence-electron chi connectivity index (χ4n) is 1.90. The first kappa shape index (κ1) is 9.34. The zero-order valence-corrected chi connectivity index (χ0v) is 7.38. The maximum Gasteiger partial charge on any atom is 0.251 e. The first-order chi connectivity index (χ1) is 6.09. The van der Waals surface area contributed by atoms with E-state index in [2.05, 4.69) is 0 Å². The molecule has 0 aromatic heterocycles. The topological polar surface area (TPSA) is 29.5 Å². The van der Waals surface area contributed by atoms with Crippen molar-refractivity contribution in [1.29, 1.82) is 0 Å². The molecule has 2 aliphatic rings. The molecule has 4 heteroatoms. The molecule has 1 saturated heterocycles. The van der Waals surface area contributed by atoms with E-state index in [0.717, 1.165) is 0 Å². The second kappa shape index (κ2) is 3.17. The van der Waals surface area contributed by atoms with E-state index in [4.69, 9.17) is 4.74 Å². The molecule has 2 rings (SSSR count). The lowest BCUT2D eigenvalue weighted by Gasteiger charge is -2.27. The Morgan fingerprint density at radius 2 is 2.15 bits per heavy atom. The van der Waals surface area contributed by atoms with E-state index in [9.17, 15) is 13.9 Å². The van der Waals surface area contributed by atoms with Gasteiger partial charge in [-0.3, -0.25) is 0 Å². The molecule has 0 aromatic rings. The summed E-state index contributed by atoms with van der Waals surface area (Å²) in [6, 6.07) is 0.